The lowest BCUT2D eigenvalue weighted by Gasteiger charge is -2.34. The van der Waals surface area contributed by atoms with Crippen LogP contribution in [0.25, 0.3) is 0 Å². The molecule has 0 aliphatic carbocycles. The third-order valence-electron chi connectivity index (χ3n) is 4.72. The van der Waals surface area contributed by atoms with Crippen molar-refractivity contribution in [2.75, 3.05) is 0 Å². The van der Waals surface area contributed by atoms with Crippen molar-refractivity contribution in [2.24, 2.45) is 5.41 Å². The molecule has 1 N–H and O–H groups in total. The van der Waals surface area contributed by atoms with E-state index in [9.17, 15) is 5.11 Å². The minimum atomic E-state index is -1.37. The summed E-state index contributed by atoms with van der Waals surface area (Å²) < 4.78 is 12.2. The van der Waals surface area contributed by atoms with E-state index in [1.807, 2.05) is 18.2 Å². The standard InChI is InChI=1S/C23H28NO3Si/c1-23(2,3)22(15-14-19-16-18(17-25)24-26-19)27-28(20-10-6-4-7-11-20)21-12-8-5-9-13-21/h4-13,16,22,25H,14-15,17H2,1-3H3. The van der Waals surface area contributed by atoms with Crippen LogP contribution in [0.3, 0.4) is 0 Å². The summed E-state index contributed by atoms with van der Waals surface area (Å²) in [5.41, 5.74) is 0.556. The van der Waals surface area contributed by atoms with Gasteiger partial charge in [-0.3, -0.25) is 0 Å². The number of aryl methyl sites for hydroxylation is 1. The van der Waals surface area contributed by atoms with Crippen molar-refractivity contribution in [3.05, 3.63) is 78.2 Å². The monoisotopic (exact) mass is 394 g/mol. The zero-order valence-electron chi connectivity index (χ0n) is 16.8. The molecule has 28 heavy (non-hydrogen) atoms. The van der Waals surface area contributed by atoms with E-state index >= 15 is 0 Å². The van der Waals surface area contributed by atoms with Crippen molar-refractivity contribution in [1.29, 1.82) is 0 Å². The maximum absolute atomic E-state index is 9.19. The van der Waals surface area contributed by atoms with Crippen LogP contribution in [-0.2, 0) is 17.5 Å². The van der Waals surface area contributed by atoms with Crippen molar-refractivity contribution >= 4 is 19.4 Å². The number of aliphatic hydroxyl groups is 1. The molecule has 5 heteroatoms. The molecule has 147 valence electrons. The van der Waals surface area contributed by atoms with Crippen LogP contribution in [0.15, 0.2) is 71.3 Å². The largest absolute Gasteiger partial charge is 0.404 e. The Morgan fingerprint density at radius 3 is 2.04 bits per heavy atom. The van der Waals surface area contributed by atoms with Crippen molar-refractivity contribution in [3.8, 4) is 0 Å². The van der Waals surface area contributed by atoms with E-state index in [-0.39, 0.29) is 18.1 Å². The highest BCUT2D eigenvalue weighted by Crippen LogP contribution is 2.27. The van der Waals surface area contributed by atoms with Crippen LogP contribution in [0.2, 0.25) is 0 Å². The van der Waals surface area contributed by atoms with Crippen LogP contribution in [0.4, 0.5) is 0 Å². The van der Waals surface area contributed by atoms with Gasteiger partial charge in [0.25, 0.3) is 9.04 Å². The molecule has 2 aromatic carbocycles. The van der Waals surface area contributed by atoms with Crippen LogP contribution in [0.5, 0.6) is 0 Å². The lowest BCUT2D eigenvalue weighted by atomic mass is 9.86. The highest BCUT2D eigenvalue weighted by molar-refractivity contribution is 6.80. The lowest BCUT2D eigenvalue weighted by molar-refractivity contribution is 0.0799. The summed E-state index contributed by atoms with van der Waals surface area (Å²) in [7, 11) is -1.37. The molecule has 0 bridgehead atoms. The fraction of sp³-hybridized carbons (Fsp3) is 0.348. The molecule has 4 nitrogen and oxygen atoms in total. The van der Waals surface area contributed by atoms with Crippen molar-refractivity contribution in [3.63, 3.8) is 0 Å². The zero-order chi connectivity index (χ0) is 20.0. The summed E-state index contributed by atoms with van der Waals surface area (Å²) in [4.78, 5) is 0. The van der Waals surface area contributed by atoms with Gasteiger partial charge in [-0.15, -0.1) is 0 Å². The molecule has 0 saturated heterocycles. The van der Waals surface area contributed by atoms with Gasteiger partial charge >= 0.3 is 0 Å². The van der Waals surface area contributed by atoms with Gasteiger partial charge in [0.1, 0.15) is 11.5 Å². The smallest absolute Gasteiger partial charge is 0.283 e. The van der Waals surface area contributed by atoms with Gasteiger partial charge in [0.05, 0.1) is 12.7 Å². The van der Waals surface area contributed by atoms with E-state index in [1.54, 1.807) is 0 Å². The van der Waals surface area contributed by atoms with Crippen LogP contribution >= 0.6 is 0 Å². The van der Waals surface area contributed by atoms with Gasteiger partial charge in [-0.1, -0.05) is 86.6 Å². The average Bonchev–Trinajstić information content (AvgIpc) is 3.16. The third-order valence-corrected chi connectivity index (χ3v) is 6.96. The molecule has 0 aliphatic rings. The van der Waals surface area contributed by atoms with Gasteiger partial charge in [-0.25, -0.2) is 0 Å². The number of aromatic nitrogens is 1. The maximum atomic E-state index is 9.19. The predicted molar refractivity (Wildman–Crippen MR) is 113 cm³/mol. The molecule has 0 fully saturated rings. The molecule has 1 atom stereocenters. The quantitative estimate of drug-likeness (QED) is 0.596. The minimum Gasteiger partial charge on any atom is -0.404 e. The van der Waals surface area contributed by atoms with Gasteiger partial charge in [0.15, 0.2) is 0 Å². The molecule has 0 spiro atoms. The van der Waals surface area contributed by atoms with Gasteiger partial charge in [0.2, 0.25) is 0 Å². The summed E-state index contributed by atoms with van der Waals surface area (Å²) >= 11 is 0. The van der Waals surface area contributed by atoms with E-state index in [0.29, 0.717) is 5.69 Å². The average molecular weight is 395 g/mol. The molecule has 3 rings (SSSR count). The fourth-order valence-electron chi connectivity index (χ4n) is 3.11. The molecule has 0 amide bonds. The van der Waals surface area contributed by atoms with E-state index in [4.69, 9.17) is 8.95 Å². The summed E-state index contributed by atoms with van der Waals surface area (Å²) in [5, 5.41) is 15.5. The van der Waals surface area contributed by atoms with Gasteiger partial charge in [-0.2, -0.15) is 0 Å². The SMILES string of the molecule is CC(C)(C)C(CCc1cc(CO)no1)O[Si](c1ccccc1)c1ccccc1. The summed E-state index contributed by atoms with van der Waals surface area (Å²) in [6, 6.07) is 22.8. The Morgan fingerprint density at radius 2 is 1.57 bits per heavy atom. The Kier molecular flexibility index (Phi) is 6.83. The zero-order valence-corrected chi connectivity index (χ0v) is 17.8. The second-order valence-electron chi connectivity index (χ2n) is 8.02. The second-order valence-corrected chi connectivity index (χ2v) is 10.1. The molecule has 0 saturated carbocycles. The number of hydrogen-bond acceptors (Lipinski definition) is 4. The Labute approximate surface area is 168 Å². The molecular weight excluding hydrogens is 366 g/mol. The van der Waals surface area contributed by atoms with Gasteiger partial charge < -0.3 is 14.1 Å². The Morgan fingerprint density at radius 1 is 1.00 bits per heavy atom. The number of benzene rings is 2. The summed E-state index contributed by atoms with van der Waals surface area (Å²) in [6.45, 7) is 6.55. The van der Waals surface area contributed by atoms with E-state index < -0.39 is 9.04 Å². The first-order valence-electron chi connectivity index (χ1n) is 9.67. The first-order chi connectivity index (χ1) is 13.5. The van der Waals surface area contributed by atoms with Crippen molar-refractivity contribution in [1.82, 2.24) is 5.16 Å². The molecule has 0 aliphatic heterocycles. The van der Waals surface area contributed by atoms with Crippen LogP contribution in [0.1, 0.15) is 38.6 Å². The van der Waals surface area contributed by atoms with Crippen molar-refractivity contribution < 1.29 is 14.1 Å². The molecule has 1 radical (unpaired) electrons. The minimum absolute atomic E-state index is 0.0146. The summed E-state index contributed by atoms with van der Waals surface area (Å²) in [5.74, 6) is 0.787. The lowest BCUT2D eigenvalue weighted by Crippen LogP contribution is -2.49. The molecule has 1 heterocycles. The van der Waals surface area contributed by atoms with Crippen molar-refractivity contribution in [2.45, 2.75) is 46.3 Å². The van der Waals surface area contributed by atoms with Gasteiger partial charge in [0, 0.05) is 12.5 Å². The molecule has 3 aromatic rings. The topological polar surface area (TPSA) is 55.5 Å². The number of aliphatic hydroxyl groups excluding tert-OH is 1. The normalized spacial score (nSPS) is 13.0. The first-order valence-corrected chi connectivity index (χ1v) is 11.1. The molecular formula is C23H28NO3Si. The fourth-order valence-corrected chi connectivity index (χ4v) is 5.47. The van der Waals surface area contributed by atoms with E-state index in [0.717, 1.165) is 18.6 Å². The Bertz CT molecular complexity index is 804. The number of nitrogens with zero attached hydrogens (tertiary/aromatic N) is 1. The van der Waals surface area contributed by atoms with E-state index in [2.05, 4.69) is 74.5 Å². The second kappa shape index (κ2) is 9.32. The van der Waals surface area contributed by atoms with Crippen LogP contribution in [-0.4, -0.2) is 25.4 Å². The van der Waals surface area contributed by atoms with Crippen LogP contribution < -0.4 is 10.4 Å². The highest BCUT2D eigenvalue weighted by atomic mass is 28.3. The van der Waals surface area contributed by atoms with E-state index in [1.165, 1.54) is 10.4 Å². The maximum Gasteiger partial charge on any atom is 0.283 e. The third kappa shape index (κ3) is 5.41. The first kappa shape index (κ1) is 20.5. The molecule has 1 aromatic heterocycles. The summed E-state index contributed by atoms with van der Waals surface area (Å²) in [6.07, 6.45) is 1.62. The predicted octanol–water partition coefficient (Wildman–Crippen LogP) is 3.34. The Hall–Kier alpha value is -2.21. The Balaban J connectivity index is 1.81. The number of rotatable bonds is 8. The molecule has 1 unspecified atom stereocenters. The van der Waals surface area contributed by atoms with Crippen LogP contribution in [0, 0.1) is 5.41 Å². The van der Waals surface area contributed by atoms with Gasteiger partial charge in [-0.05, 0) is 22.2 Å². The highest BCUT2D eigenvalue weighted by Gasteiger charge is 2.31. The number of hydrogen-bond donors (Lipinski definition) is 1.